The number of pyridine rings is 2. The van der Waals surface area contributed by atoms with E-state index >= 15 is 0 Å². The van der Waals surface area contributed by atoms with E-state index in [4.69, 9.17) is 14.2 Å². The number of amides is 1. The van der Waals surface area contributed by atoms with Crippen LogP contribution >= 0.6 is 0 Å². The van der Waals surface area contributed by atoms with Gasteiger partial charge in [0, 0.05) is 12.3 Å². The first-order valence-electron chi connectivity index (χ1n) is 10.5. The molecular formula is C23H22N6O6S. The van der Waals surface area contributed by atoms with E-state index in [0.717, 1.165) is 0 Å². The normalized spacial score (nSPS) is 11.1. The zero-order chi connectivity index (χ0) is 25.7. The maximum atomic E-state index is 13.3. The molecule has 0 spiro atoms. The lowest BCUT2D eigenvalue weighted by atomic mass is 10.2. The molecule has 0 unspecified atom stereocenters. The topological polar surface area (TPSA) is 147 Å². The minimum atomic E-state index is -4.12. The van der Waals surface area contributed by atoms with E-state index in [0.29, 0.717) is 23.1 Å². The highest BCUT2D eigenvalue weighted by atomic mass is 32.2. The van der Waals surface area contributed by atoms with E-state index in [-0.39, 0.29) is 23.0 Å². The number of nitrogens with one attached hydrogen (secondary N) is 1. The molecule has 12 nitrogen and oxygen atoms in total. The molecule has 36 heavy (non-hydrogen) atoms. The van der Waals surface area contributed by atoms with Crippen molar-refractivity contribution in [1.29, 1.82) is 0 Å². The SMILES string of the molecule is COc1cccc(-c2nnc(C(=O)NS(=O)(=O)Cc3ccccn3)n2-c2c(OC)cccc2OC)n1. The van der Waals surface area contributed by atoms with Crippen LogP contribution in [0.15, 0.2) is 60.8 Å². The number of methoxy groups -OCH3 is 3. The highest BCUT2D eigenvalue weighted by molar-refractivity contribution is 7.89. The molecule has 0 aliphatic rings. The van der Waals surface area contributed by atoms with Crippen molar-refractivity contribution in [2.75, 3.05) is 21.3 Å². The summed E-state index contributed by atoms with van der Waals surface area (Å²) in [4.78, 5) is 21.6. The summed E-state index contributed by atoms with van der Waals surface area (Å²) >= 11 is 0. The molecule has 0 radical (unpaired) electrons. The molecule has 1 amide bonds. The van der Waals surface area contributed by atoms with Crippen LogP contribution in [0.25, 0.3) is 17.2 Å². The minimum absolute atomic E-state index is 0.129. The van der Waals surface area contributed by atoms with Crippen LogP contribution in [-0.2, 0) is 15.8 Å². The molecule has 0 aliphatic carbocycles. The van der Waals surface area contributed by atoms with E-state index in [1.807, 2.05) is 4.72 Å². The lowest BCUT2D eigenvalue weighted by Crippen LogP contribution is -2.33. The lowest BCUT2D eigenvalue weighted by Gasteiger charge is -2.17. The van der Waals surface area contributed by atoms with Crippen LogP contribution in [0.1, 0.15) is 16.3 Å². The van der Waals surface area contributed by atoms with Gasteiger partial charge < -0.3 is 14.2 Å². The van der Waals surface area contributed by atoms with Gasteiger partial charge in [-0.2, -0.15) is 0 Å². The Bertz CT molecular complexity index is 1470. The molecule has 4 rings (SSSR count). The predicted octanol–water partition coefficient (Wildman–Crippen LogP) is 2.01. The first kappa shape index (κ1) is 24.6. The highest BCUT2D eigenvalue weighted by Gasteiger charge is 2.29. The van der Waals surface area contributed by atoms with Crippen molar-refractivity contribution in [2.45, 2.75) is 5.75 Å². The Morgan fingerprint density at radius 1 is 0.917 bits per heavy atom. The molecule has 1 N–H and O–H groups in total. The molecule has 0 saturated heterocycles. The van der Waals surface area contributed by atoms with Gasteiger partial charge in [-0.1, -0.05) is 18.2 Å². The van der Waals surface area contributed by atoms with Crippen LogP contribution in [0.2, 0.25) is 0 Å². The second kappa shape index (κ2) is 10.4. The van der Waals surface area contributed by atoms with E-state index in [2.05, 4.69) is 20.2 Å². The number of aromatic nitrogens is 5. The smallest absolute Gasteiger partial charge is 0.303 e. The molecule has 3 aromatic heterocycles. The van der Waals surface area contributed by atoms with Crippen LogP contribution in [0.4, 0.5) is 0 Å². The van der Waals surface area contributed by atoms with Gasteiger partial charge in [0.2, 0.25) is 21.7 Å². The van der Waals surface area contributed by atoms with Gasteiger partial charge in [0.25, 0.3) is 0 Å². The van der Waals surface area contributed by atoms with Crippen molar-refractivity contribution in [3.63, 3.8) is 0 Å². The van der Waals surface area contributed by atoms with E-state index in [9.17, 15) is 13.2 Å². The molecule has 0 bridgehead atoms. The number of rotatable bonds is 9. The molecule has 0 atom stereocenters. The van der Waals surface area contributed by atoms with Crippen molar-refractivity contribution in [3.8, 4) is 34.6 Å². The molecule has 13 heteroatoms. The Kier molecular flexibility index (Phi) is 7.10. The number of ether oxygens (including phenoxy) is 3. The van der Waals surface area contributed by atoms with Crippen molar-refractivity contribution in [1.82, 2.24) is 29.5 Å². The second-order valence-electron chi connectivity index (χ2n) is 7.27. The van der Waals surface area contributed by atoms with Crippen LogP contribution in [0, 0.1) is 0 Å². The Labute approximate surface area is 207 Å². The number of hydrogen-bond acceptors (Lipinski definition) is 10. The first-order valence-corrected chi connectivity index (χ1v) is 12.1. The van der Waals surface area contributed by atoms with Crippen molar-refractivity contribution >= 4 is 15.9 Å². The predicted molar refractivity (Wildman–Crippen MR) is 129 cm³/mol. The van der Waals surface area contributed by atoms with Crippen LogP contribution < -0.4 is 18.9 Å². The zero-order valence-electron chi connectivity index (χ0n) is 19.6. The summed E-state index contributed by atoms with van der Waals surface area (Å²) in [5, 5.41) is 8.14. The minimum Gasteiger partial charge on any atom is -0.494 e. The Morgan fingerprint density at radius 3 is 2.28 bits per heavy atom. The number of nitrogens with zero attached hydrogens (tertiary/aromatic N) is 5. The van der Waals surface area contributed by atoms with Gasteiger partial charge in [-0.15, -0.1) is 10.2 Å². The van der Waals surface area contributed by atoms with Gasteiger partial charge in [-0.3, -0.25) is 14.3 Å². The third-order valence-corrected chi connectivity index (χ3v) is 6.14. The van der Waals surface area contributed by atoms with Gasteiger partial charge in [-0.25, -0.2) is 18.1 Å². The monoisotopic (exact) mass is 510 g/mol. The van der Waals surface area contributed by atoms with Crippen LogP contribution in [-0.4, -0.2) is 60.4 Å². The van der Waals surface area contributed by atoms with Gasteiger partial charge >= 0.3 is 5.91 Å². The Balaban J connectivity index is 1.84. The fraction of sp³-hybridized carbons (Fsp3) is 0.174. The Morgan fingerprint density at radius 2 is 1.64 bits per heavy atom. The number of sulfonamides is 1. The van der Waals surface area contributed by atoms with Crippen LogP contribution in [0.5, 0.6) is 17.4 Å². The molecule has 1 aromatic carbocycles. The number of carbonyl (C=O) groups is 1. The average molecular weight is 511 g/mol. The molecule has 0 aliphatic heterocycles. The number of benzene rings is 1. The second-order valence-corrected chi connectivity index (χ2v) is 8.99. The lowest BCUT2D eigenvalue weighted by molar-refractivity contribution is 0.0969. The van der Waals surface area contributed by atoms with E-state index in [1.54, 1.807) is 54.6 Å². The molecule has 0 fully saturated rings. The maximum absolute atomic E-state index is 13.3. The molecule has 0 saturated carbocycles. The van der Waals surface area contributed by atoms with Crippen molar-refractivity contribution in [3.05, 3.63) is 72.3 Å². The number of hydrogen-bond donors (Lipinski definition) is 1. The quantitative estimate of drug-likeness (QED) is 0.354. The largest absolute Gasteiger partial charge is 0.494 e. The van der Waals surface area contributed by atoms with E-state index in [1.165, 1.54) is 32.1 Å². The van der Waals surface area contributed by atoms with Gasteiger partial charge in [-0.05, 0) is 30.3 Å². The van der Waals surface area contributed by atoms with Crippen molar-refractivity contribution < 1.29 is 27.4 Å². The number of carbonyl (C=O) groups excluding carboxylic acids is 1. The first-order chi connectivity index (χ1) is 17.4. The molecular weight excluding hydrogens is 488 g/mol. The summed E-state index contributed by atoms with van der Waals surface area (Å²) in [6.45, 7) is 0. The van der Waals surface area contributed by atoms with Gasteiger partial charge in [0.1, 0.15) is 28.6 Å². The van der Waals surface area contributed by atoms with Crippen LogP contribution in [0.3, 0.4) is 0 Å². The standard InChI is InChI=1S/C23H22N6O6S/c1-33-17-10-7-11-18(34-2)20(17)29-21(16-9-6-12-19(25-16)35-3)26-27-22(29)23(30)28-36(31,32)14-15-8-4-5-13-24-15/h4-13H,14H2,1-3H3,(H,28,30). The molecule has 4 aromatic rings. The number of para-hydroxylation sites is 1. The Hall–Kier alpha value is -4.52. The van der Waals surface area contributed by atoms with Gasteiger partial charge in [0.05, 0.1) is 27.0 Å². The maximum Gasteiger partial charge on any atom is 0.303 e. The average Bonchev–Trinajstić information content (AvgIpc) is 3.33. The van der Waals surface area contributed by atoms with Gasteiger partial charge in [0.15, 0.2) is 5.82 Å². The summed E-state index contributed by atoms with van der Waals surface area (Å²) in [5.74, 6) is -0.771. The fourth-order valence-electron chi connectivity index (χ4n) is 3.42. The summed E-state index contributed by atoms with van der Waals surface area (Å²) in [6, 6.07) is 14.8. The third-order valence-electron chi connectivity index (χ3n) is 4.97. The highest BCUT2D eigenvalue weighted by Crippen LogP contribution is 2.36. The zero-order valence-corrected chi connectivity index (χ0v) is 20.4. The summed E-state index contributed by atoms with van der Waals surface area (Å²) in [6.07, 6.45) is 1.46. The molecule has 3 heterocycles. The molecule has 186 valence electrons. The third kappa shape index (κ3) is 5.10. The summed E-state index contributed by atoms with van der Waals surface area (Å²) < 4.78 is 45.0. The summed E-state index contributed by atoms with van der Waals surface area (Å²) in [7, 11) is 0.239. The van der Waals surface area contributed by atoms with E-state index < -0.39 is 21.7 Å². The summed E-state index contributed by atoms with van der Waals surface area (Å²) in [5.41, 5.74) is 0.858. The fourth-order valence-corrected chi connectivity index (χ4v) is 4.42. The van der Waals surface area contributed by atoms with Crippen molar-refractivity contribution in [2.24, 2.45) is 0 Å².